The number of halogens is 4. The van der Waals surface area contributed by atoms with Gasteiger partial charge in [0.1, 0.15) is 34.2 Å². The molecule has 45 heavy (non-hydrogen) atoms. The Balaban J connectivity index is 1.38. The van der Waals surface area contributed by atoms with Crippen LogP contribution in [-0.4, -0.2) is 51.9 Å². The van der Waals surface area contributed by atoms with Crippen molar-refractivity contribution in [1.82, 2.24) is 20.1 Å². The second-order valence-corrected chi connectivity index (χ2v) is 12.0. The summed E-state index contributed by atoms with van der Waals surface area (Å²) in [6, 6.07) is 6.46. The number of nitrogens with two attached hydrogens (primary N) is 1. The normalized spacial score (nSPS) is 16.7. The Morgan fingerprint density at radius 1 is 1.24 bits per heavy atom. The quantitative estimate of drug-likeness (QED) is 0.187. The van der Waals surface area contributed by atoms with Gasteiger partial charge in [0.2, 0.25) is 5.79 Å². The molecule has 2 saturated carbocycles. The number of amides is 2. The molecule has 0 spiro atoms. The van der Waals surface area contributed by atoms with Crippen LogP contribution >= 0.6 is 15.9 Å². The van der Waals surface area contributed by atoms with Crippen molar-refractivity contribution in [3.63, 3.8) is 0 Å². The molecule has 0 saturated heterocycles. The Labute approximate surface area is 263 Å². The van der Waals surface area contributed by atoms with E-state index in [0.717, 1.165) is 12.1 Å². The molecule has 2 heterocycles. The van der Waals surface area contributed by atoms with Gasteiger partial charge in [0.15, 0.2) is 5.75 Å². The van der Waals surface area contributed by atoms with E-state index in [1.165, 1.54) is 30.1 Å². The molecule has 0 bridgehead atoms. The summed E-state index contributed by atoms with van der Waals surface area (Å²) in [5, 5.41) is 19.6. The number of pyridine rings is 1. The fourth-order valence-corrected chi connectivity index (χ4v) is 5.72. The first-order chi connectivity index (χ1) is 21.4. The SMILES string of the molecule is CCOc1c(C(N)=O)cc([C@@](O)(CNC(=O)c2cc(OC)c3nn(C4(F)CC4)cc3c2)C2CC2)nc1-c1ccc(F)c(Br)c1F. The van der Waals surface area contributed by atoms with Gasteiger partial charge in [-0.25, -0.2) is 22.8 Å². The molecule has 2 amide bonds. The second kappa shape index (κ2) is 11.3. The largest absolute Gasteiger partial charge is 0.494 e. The number of fused-ring (bicyclic) bond motifs is 1. The summed E-state index contributed by atoms with van der Waals surface area (Å²) in [7, 11) is 1.41. The van der Waals surface area contributed by atoms with E-state index in [4.69, 9.17) is 15.2 Å². The molecule has 2 aromatic heterocycles. The molecule has 2 fully saturated rings. The Hall–Kier alpha value is -4.17. The number of primary amides is 1. The van der Waals surface area contributed by atoms with Gasteiger partial charge in [0.25, 0.3) is 11.8 Å². The number of nitrogens with one attached hydrogen (secondary N) is 1. The summed E-state index contributed by atoms with van der Waals surface area (Å²) in [6.45, 7) is 1.38. The van der Waals surface area contributed by atoms with Gasteiger partial charge >= 0.3 is 0 Å². The van der Waals surface area contributed by atoms with Crippen molar-refractivity contribution < 1.29 is 37.3 Å². The van der Waals surface area contributed by atoms with Crippen molar-refractivity contribution in [2.24, 2.45) is 11.7 Å². The number of aromatic nitrogens is 3. The van der Waals surface area contributed by atoms with Crippen LogP contribution < -0.4 is 20.5 Å². The highest BCUT2D eigenvalue weighted by atomic mass is 79.9. The Morgan fingerprint density at radius 3 is 2.60 bits per heavy atom. The van der Waals surface area contributed by atoms with Crippen LogP contribution in [0.4, 0.5) is 13.2 Å². The number of alkyl halides is 1. The van der Waals surface area contributed by atoms with Crippen molar-refractivity contribution in [2.75, 3.05) is 20.3 Å². The van der Waals surface area contributed by atoms with E-state index < -0.39 is 39.3 Å². The lowest BCUT2D eigenvalue weighted by Crippen LogP contribution is -2.43. The van der Waals surface area contributed by atoms with Gasteiger partial charge < -0.3 is 25.6 Å². The van der Waals surface area contributed by atoms with Crippen LogP contribution in [0.3, 0.4) is 0 Å². The van der Waals surface area contributed by atoms with Crippen molar-refractivity contribution in [3.05, 3.63) is 69.5 Å². The summed E-state index contributed by atoms with van der Waals surface area (Å²) in [6.07, 6.45) is 3.39. The van der Waals surface area contributed by atoms with E-state index in [-0.39, 0.29) is 58.6 Å². The van der Waals surface area contributed by atoms with Gasteiger partial charge in [-0.2, -0.15) is 5.10 Å². The van der Waals surface area contributed by atoms with Crippen molar-refractivity contribution >= 4 is 38.6 Å². The highest BCUT2D eigenvalue weighted by Crippen LogP contribution is 2.48. The van der Waals surface area contributed by atoms with Crippen molar-refractivity contribution in [2.45, 2.75) is 44.0 Å². The van der Waals surface area contributed by atoms with E-state index in [1.54, 1.807) is 13.0 Å². The zero-order chi connectivity index (χ0) is 32.3. The number of methoxy groups -OCH3 is 1. The van der Waals surface area contributed by atoms with Gasteiger partial charge in [-0.15, -0.1) is 0 Å². The van der Waals surface area contributed by atoms with Crippen molar-refractivity contribution in [3.8, 4) is 22.8 Å². The highest BCUT2D eigenvalue weighted by molar-refractivity contribution is 9.10. The number of ether oxygens (including phenoxy) is 2. The Kier molecular flexibility index (Phi) is 7.76. The van der Waals surface area contributed by atoms with E-state index >= 15 is 4.39 Å². The number of aliphatic hydroxyl groups is 1. The van der Waals surface area contributed by atoms with E-state index in [9.17, 15) is 23.5 Å². The third kappa shape index (κ3) is 5.50. The number of carbonyl (C=O) groups excluding carboxylic acids is 2. The van der Waals surface area contributed by atoms with Crippen LogP contribution in [0.2, 0.25) is 0 Å². The average molecular weight is 689 g/mol. The molecule has 4 aromatic rings. The van der Waals surface area contributed by atoms with Gasteiger partial charge in [0.05, 0.1) is 36.0 Å². The number of carbonyl (C=O) groups is 2. The Bertz CT molecular complexity index is 1860. The van der Waals surface area contributed by atoms with Gasteiger partial charge in [-0.1, -0.05) is 0 Å². The fraction of sp³-hybridized carbons (Fsp3) is 0.355. The van der Waals surface area contributed by atoms with Crippen LogP contribution in [-0.2, 0) is 11.4 Å². The minimum absolute atomic E-state index is 0.0515. The first-order valence-electron chi connectivity index (χ1n) is 14.3. The standard InChI is InChI=1S/C31H29BrF3N5O5/c1-3-45-27-19(28(36)41)12-22(38-26(27)18-6-7-20(33)23(32)24(18)34)31(43,17-4-5-17)14-37-29(42)15-10-16-13-40(30(35)8-9-30)39-25(16)21(11-15)44-2/h6-7,10-13,17,43H,3-5,8-9,14H2,1-2H3,(H2,36,41)(H,37,42)/t31-/m1/s1. The molecule has 2 aliphatic carbocycles. The van der Waals surface area contributed by atoms with E-state index in [1.807, 2.05) is 0 Å². The molecule has 236 valence electrons. The van der Waals surface area contributed by atoms with E-state index in [0.29, 0.717) is 36.6 Å². The first-order valence-corrected chi connectivity index (χ1v) is 15.1. The zero-order valence-corrected chi connectivity index (χ0v) is 25.9. The lowest BCUT2D eigenvalue weighted by Gasteiger charge is -2.29. The van der Waals surface area contributed by atoms with Crippen molar-refractivity contribution in [1.29, 1.82) is 0 Å². The molecule has 4 N–H and O–H groups in total. The van der Waals surface area contributed by atoms with E-state index in [2.05, 4.69) is 31.3 Å². The maximum Gasteiger partial charge on any atom is 0.252 e. The first kappa shape index (κ1) is 30.8. The highest BCUT2D eigenvalue weighted by Gasteiger charge is 2.48. The summed E-state index contributed by atoms with van der Waals surface area (Å²) in [4.78, 5) is 30.6. The average Bonchev–Trinajstić information content (AvgIpc) is 3.96. The molecule has 1 atom stereocenters. The van der Waals surface area contributed by atoms with Crippen LogP contribution in [0, 0.1) is 17.6 Å². The fourth-order valence-electron chi connectivity index (χ4n) is 5.37. The predicted octanol–water partition coefficient (Wildman–Crippen LogP) is 5.09. The van der Waals surface area contributed by atoms with Crippen LogP contribution in [0.15, 0.2) is 41.0 Å². The molecule has 10 nitrogen and oxygen atoms in total. The topological polar surface area (TPSA) is 142 Å². The molecule has 2 aromatic carbocycles. The van der Waals surface area contributed by atoms with Crippen LogP contribution in [0.1, 0.15) is 59.0 Å². The summed E-state index contributed by atoms with van der Waals surface area (Å²) in [5.74, 6) is -5.11. The summed E-state index contributed by atoms with van der Waals surface area (Å²) < 4.78 is 56.0. The number of benzene rings is 2. The molecular weight excluding hydrogens is 659 g/mol. The smallest absolute Gasteiger partial charge is 0.252 e. The molecular formula is C31H29BrF3N5O5. The minimum atomic E-state index is -1.81. The minimum Gasteiger partial charge on any atom is -0.494 e. The lowest BCUT2D eigenvalue weighted by molar-refractivity contribution is 0.00946. The maximum absolute atomic E-state index is 15.3. The molecule has 0 unspecified atom stereocenters. The maximum atomic E-state index is 15.3. The number of rotatable bonds is 11. The van der Waals surface area contributed by atoms with Gasteiger partial charge in [-0.05, 0) is 71.9 Å². The molecule has 14 heteroatoms. The molecule has 2 aliphatic rings. The number of hydrogen-bond acceptors (Lipinski definition) is 7. The van der Waals surface area contributed by atoms with Crippen LogP contribution in [0.5, 0.6) is 11.5 Å². The summed E-state index contributed by atoms with van der Waals surface area (Å²) in [5.41, 5.74) is 3.88. The summed E-state index contributed by atoms with van der Waals surface area (Å²) >= 11 is 2.89. The molecule has 0 aliphatic heterocycles. The predicted molar refractivity (Wildman–Crippen MR) is 161 cm³/mol. The second-order valence-electron chi connectivity index (χ2n) is 11.2. The molecule has 0 radical (unpaired) electrons. The zero-order valence-electron chi connectivity index (χ0n) is 24.3. The van der Waals surface area contributed by atoms with Gasteiger partial charge in [-0.3, -0.25) is 9.59 Å². The third-order valence-electron chi connectivity index (χ3n) is 8.16. The number of hydrogen-bond donors (Lipinski definition) is 3. The monoisotopic (exact) mass is 687 g/mol. The third-order valence-corrected chi connectivity index (χ3v) is 8.89. The van der Waals surface area contributed by atoms with Crippen LogP contribution in [0.25, 0.3) is 22.2 Å². The number of nitrogens with zero attached hydrogens (tertiary/aromatic N) is 3. The lowest BCUT2D eigenvalue weighted by atomic mass is 9.90. The Morgan fingerprint density at radius 2 is 1.98 bits per heavy atom. The molecule has 6 rings (SSSR count). The van der Waals surface area contributed by atoms with Gasteiger partial charge in [0, 0.05) is 35.6 Å².